The van der Waals surface area contributed by atoms with E-state index in [1.807, 2.05) is 6.92 Å². The van der Waals surface area contributed by atoms with Crippen LogP contribution in [0.1, 0.15) is 40.5 Å². The van der Waals surface area contributed by atoms with Crippen LogP contribution in [0.4, 0.5) is 0 Å². The molecule has 0 aliphatic carbocycles. The van der Waals surface area contributed by atoms with Crippen LogP contribution < -0.4 is 11.5 Å². The number of rotatable bonds is 8. The Balaban J connectivity index is 3.92. The molecule has 0 fully saturated rings. The normalized spacial score (nSPS) is 13.7. The van der Waals surface area contributed by atoms with Crippen molar-refractivity contribution in [2.24, 2.45) is 11.5 Å². The molecule has 4 N–H and O–H groups in total. The van der Waals surface area contributed by atoms with Crippen LogP contribution in [0.5, 0.6) is 0 Å². The summed E-state index contributed by atoms with van der Waals surface area (Å²) in [5.74, 6) is 6.02. The Kier molecular flexibility index (Phi) is 10.6. The van der Waals surface area contributed by atoms with Gasteiger partial charge in [0.1, 0.15) is 11.6 Å². The summed E-state index contributed by atoms with van der Waals surface area (Å²) in [6.07, 6.45) is 0.924. The van der Waals surface area contributed by atoms with Gasteiger partial charge in [0, 0.05) is 17.9 Å². The molecule has 0 rings (SSSR count). The average molecular weight is 347 g/mol. The molecule has 0 saturated heterocycles. The fourth-order valence-electron chi connectivity index (χ4n) is 1.19. The van der Waals surface area contributed by atoms with Crippen molar-refractivity contribution in [2.75, 3.05) is 11.5 Å². The molecule has 0 amide bonds. The van der Waals surface area contributed by atoms with Crippen LogP contribution in [0.25, 0.3) is 0 Å². The molecule has 0 aliphatic heterocycles. The third-order valence-corrected chi connectivity index (χ3v) is 4.74. The molecular weight excluding hydrogens is 320 g/mol. The van der Waals surface area contributed by atoms with Crippen LogP contribution in [0.15, 0.2) is 0 Å². The Morgan fingerprint density at radius 3 is 2.14 bits per heavy atom. The lowest BCUT2D eigenvalue weighted by atomic mass is 10.2. The molecule has 2 atom stereocenters. The zero-order valence-corrected chi connectivity index (χ0v) is 15.3. The number of nitrogens with two attached hydrogens (primary N) is 2. The van der Waals surface area contributed by atoms with Crippen LogP contribution in [-0.4, -0.2) is 40.9 Å². The predicted molar refractivity (Wildman–Crippen MR) is 94.4 cm³/mol. The highest BCUT2D eigenvalue weighted by Gasteiger charge is 2.22. The predicted octanol–water partition coefficient (Wildman–Crippen LogP) is 1.74. The van der Waals surface area contributed by atoms with Gasteiger partial charge in [-0.1, -0.05) is 34.4 Å². The van der Waals surface area contributed by atoms with Crippen LogP contribution in [0.2, 0.25) is 0 Å². The molecule has 126 valence electrons. The molecule has 0 heterocycles. The number of ketones is 1. The van der Waals surface area contributed by atoms with E-state index in [-0.39, 0.29) is 12.2 Å². The first-order valence-corrected chi connectivity index (χ1v) is 9.63. The van der Waals surface area contributed by atoms with E-state index in [0.717, 1.165) is 6.42 Å². The summed E-state index contributed by atoms with van der Waals surface area (Å²) in [5.41, 5.74) is 11.0. The molecular formula is C15H26N2O3S2. The van der Waals surface area contributed by atoms with Gasteiger partial charge >= 0.3 is 5.97 Å². The summed E-state index contributed by atoms with van der Waals surface area (Å²) in [4.78, 5) is 23.3. The first kappa shape index (κ1) is 21.3. The maximum absolute atomic E-state index is 11.7. The van der Waals surface area contributed by atoms with E-state index in [4.69, 9.17) is 16.2 Å². The number of hydrogen-bond acceptors (Lipinski definition) is 7. The lowest BCUT2D eigenvalue weighted by Crippen LogP contribution is -2.39. The third kappa shape index (κ3) is 11.0. The number of esters is 1. The van der Waals surface area contributed by atoms with Crippen LogP contribution in [0.3, 0.4) is 0 Å². The number of ether oxygens (including phenoxy) is 1. The van der Waals surface area contributed by atoms with Crippen molar-refractivity contribution in [1.82, 2.24) is 0 Å². The molecule has 0 aromatic rings. The summed E-state index contributed by atoms with van der Waals surface area (Å²) in [7, 11) is 2.84. The van der Waals surface area contributed by atoms with E-state index in [1.165, 1.54) is 21.6 Å². The van der Waals surface area contributed by atoms with E-state index in [0.29, 0.717) is 11.5 Å². The number of carbonyl (C=O) groups is 2. The minimum absolute atomic E-state index is 0.0644. The van der Waals surface area contributed by atoms with Crippen molar-refractivity contribution in [1.29, 1.82) is 0 Å². The van der Waals surface area contributed by atoms with Gasteiger partial charge in [-0.25, -0.2) is 0 Å². The molecule has 7 heteroatoms. The van der Waals surface area contributed by atoms with Gasteiger partial charge in [-0.15, -0.1) is 5.92 Å². The molecule has 0 aromatic carbocycles. The summed E-state index contributed by atoms with van der Waals surface area (Å²) in [5, 5.41) is 0. The molecule has 0 spiro atoms. The summed E-state index contributed by atoms with van der Waals surface area (Å²) in [6, 6.07) is -1.22. The SMILES string of the molecule is CCC#CCC(=O)[C@@H](N)CSSC[C@H](N)C(=O)OC(C)(C)C. The average Bonchev–Trinajstić information content (AvgIpc) is 2.41. The summed E-state index contributed by atoms with van der Waals surface area (Å²) >= 11 is 0. The van der Waals surface area contributed by atoms with Crippen LogP contribution in [-0.2, 0) is 14.3 Å². The van der Waals surface area contributed by atoms with Gasteiger partial charge in [0.2, 0.25) is 0 Å². The van der Waals surface area contributed by atoms with Gasteiger partial charge in [0.05, 0.1) is 12.5 Å². The minimum atomic E-state index is -0.681. The summed E-state index contributed by atoms with van der Waals surface area (Å²) < 4.78 is 5.19. The summed E-state index contributed by atoms with van der Waals surface area (Å²) in [6.45, 7) is 7.32. The van der Waals surface area contributed by atoms with E-state index in [2.05, 4.69) is 11.8 Å². The minimum Gasteiger partial charge on any atom is -0.459 e. The number of carbonyl (C=O) groups excluding carboxylic acids is 2. The second-order valence-electron chi connectivity index (χ2n) is 5.67. The topological polar surface area (TPSA) is 95.4 Å². The molecule has 0 unspecified atom stereocenters. The quantitative estimate of drug-likeness (QED) is 0.299. The van der Waals surface area contributed by atoms with Gasteiger partial charge in [0.25, 0.3) is 0 Å². The van der Waals surface area contributed by atoms with Crippen molar-refractivity contribution in [2.45, 2.75) is 58.2 Å². The van der Waals surface area contributed by atoms with Crippen molar-refractivity contribution >= 4 is 33.3 Å². The van der Waals surface area contributed by atoms with E-state index in [9.17, 15) is 9.59 Å². The standard InChI is InChI=1S/C15H26N2O3S2/c1-5-6-7-8-13(18)11(16)9-21-22-10-12(17)14(19)20-15(2,3)4/h11-12H,5,8-10,16-17H2,1-4H3/t11-,12-/m0/s1. The fraction of sp³-hybridized carbons (Fsp3) is 0.733. The second kappa shape index (κ2) is 10.9. The van der Waals surface area contributed by atoms with Crippen molar-refractivity contribution in [3.8, 4) is 11.8 Å². The van der Waals surface area contributed by atoms with Crippen molar-refractivity contribution < 1.29 is 14.3 Å². The molecule has 0 bridgehead atoms. The zero-order valence-electron chi connectivity index (χ0n) is 13.7. The first-order valence-electron chi connectivity index (χ1n) is 7.14. The zero-order chi connectivity index (χ0) is 17.2. The van der Waals surface area contributed by atoms with E-state index in [1.54, 1.807) is 20.8 Å². The molecule has 22 heavy (non-hydrogen) atoms. The fourth-order valence-corrected chi connectivity index (χ4v) is 3.45. The van der Waals surface area contributed by atoms with Gasteiger partial charge < -0.3 is 16.2 Å². The molecule has 5 nitrogen and oxygen atoms in total. The van der Waals surface area contributed by atoms with Gasteiger partial charge in [-0.2, -0.15) is 0 Å². The van der Waals surface area contributed by atoms with E-state index < -0.39 is 23.7 Å². The largest absolute Gasteiger partial charge is 0.459 e. The van der Waals surface area contributed by atoms with E-state index >= 15 is 0 Å². The van der Waals surface area contributed by atoms with Gasteiger partial charge in [-0.3, -0.25) is 9.59 Å². The maximum Gasteiger partial charge on any atom is 0.324 e. The molecule has 0 saturated carbocycles. The highest BCUT2D eigenvalue weighted by atomic mass is 33.1. The second-order valence-corrected chi connectivity index (χ2v) is 8.22. The Morgan fingerprint density at radius 2 is 1.64 bits per heavy atom. The highest BCUT2D eigenvalue weighted by Crippen LogP contribution is 2.23. The lowest BCUT2D eigenvalue weighted by molar-refractivity contribution is -0.155. The lowest BCUT2D eigenvalue weighted by Gasteiger charge is -2.21. The van der Waals surface area contributed by atoms with Gasteiger partial charge in [-0.05, 0) is 20.8 Å². The number of Topliss-reactive ketones (excluding diaryl/α,β-unsaturated/α-hetero) is 1. The Morgan fingerprint density at radius 1 is 1.09 bits per heavy atom. The maximum atomic E-state index is 11.7. The molecule has 0 aliphatic rings. The molecule has 0 aromatic heterocycles. The van der Waals surface area contributed by atoms with Crippen LogP contribution in [0, 0.1) is 11.8 Å². The molecule has 0 radical (unpaired) electrons. The Labute approximate surface area is 141 Å². The van der Waals surface area contributed by atoms with Gasteiger partial charge in [0.15, 0.2) is 5.78 Å². The number of hydrogen-bond donors (Lipinski definition) is 2. The Bertz CT molecular complexity index is 425. The van der Waals surface area contributed by atoms with Crippen molar-refractivity contribution in [3.63, 3.8) is 0 Å². The van der Waals surface area contributed by atoms with Crippen LogP contribution >= 0.6 is 21.6 Å². The monoisotopic (exact) mass is 346 g/mol. The third-order valence-electron chi connectivity index (χ3n) is 2.27. The Hall–Kier alpha value is -0.680. The van der Waals surface area contributed by atoms with Crippen molar-refractivity contribution in [3.05, 3.63) is 0 Å². The smallest absolute Gasteiger partial charge is 0.324 e. The highest BCUT2D eigenvalue weighted by molar-refractivity contribution is 8.76. The first-order chi connectivity index (χ1) is 10.2.